The molecule has 0 aromatic carbocycles. The molecule has 1 N–H and O–H groups in total. The molecule has 0 aromatic heterocycles. The van der Waals surface area contributed by atoms with Gasteiger partial charge in [-0.25, -0.2) is 0 Å². The lowest BCUT2D eigenvalue weighted by Crippen LogP contribution is -2.61. The summed E-state index contributed by atoms with van der Waals surface area (Å²) in [5.74, 6) is -0.186. The van der Waals surface area contributed by atoms with Crippen molar-refractivity contribution in [2.24, 2.45) is 5.41 Å². The Kier molecular flexibility index (Phi) is 4.11. The number of carbonyl (C=O) groups is 1. The molecule has 1 fully saturated rings. The first-order valence-electron chi connectivity index (χ1n) is 5.44. The van der Waals surface area contributed by atoms with Crippen LogP contribution in [0.3, 0.4) is 0 Å². The highest BCUT2D eigenvalue weighted by Gasteiger charge is 2.48. The highest BCUT2D eigenvalue weighted by atomic mass is 16.5. The second-order valence-corrected chi connectivity index (χ2v) is 4.52. The average Bonchev–Trinajstić information content (AvgIpc) is 2.17. The minimum absolute atomic E-state index is 0.0985. The molecule has 0 aliphatic heterocycles. The van der Waals surface area contributed by atoms with Gasteiger partial charge in [0.1, 0.15) is 0 Å². The van der Waals surface area contributed by atoms with Gasteiger partial charge in [-0.15, -0.1) is 0 Å². The molecule has 0 amide bonds. The van der Waals surface area contributed by atoms with Crippen molar-refractivity contribution < 1.29 is 14.3 Å². The SMILES string of the molecule is CCOC(=O)CNC1CC(OC)C1(C)C. The molecule has 1 aliphatic rings. The molecule has 0 aromatic rings. The molecule has 88 valence electrons. The Morgan fingerprint density at radius 2 is 2.20 bits per heavy atom. The molecule has 0 radical (unpaired) electrons. The van der Waals surface area contributed by atoms with Gasteiger partial charge in [0, 0.05) is 18.6 Å². The van der Waals surface area contributed by atoms with Crippen molar-refractivity contribution in [2.45, 2.75) is 39.3 Å². The van der Waals surface area contributed by atoms with Crippen molar-refractivity contribution in [3.8, 4) is 0 Å². The first-order chi connectivity index (χ1) is 7.02. The summed E-state index contributed by atoms with van der Waals surface area (Å²) in [5, 5.41) is 3.20. The van der Waals surface area contributed by atoms with E-state index in [1.807, 2.05) is 6.92 Å². The summed E-state index contributed by atoms with van der Waals surface area (Å²) in [6.07, 6.45) is 1.25. The molecule has 2 unspecified atom stereocenters. The Morgan fingerprint density at radius 1 is 1.53 bits per heavy atom. The van der Waals surface area contributed by atoms with E-state index in [0.717, 1.165) is 6.42 Å². The molecule has 2 atom stereocenters. The van der Waals surface area contributed by atoms with Crippen molar-refractivity contribution in [3.63, 3.8) is 0 Å². The normalized spacial score (nSPS) is 28.3. The standard InChI is InChI=1S/C11H21NO3/c1-5-15-10(13)7-12-8-6-9(14-4)11(8,2)3/h8-9,12H,5-7H2,1-4H3. The van der Waals surface area contributed by atoms with Gasteiger partial charge in [0.15, 0.2) is 0 Å². The zero-order chi connectivity index (χ0) is 11.5. The Balaban J connectivity index is 2.27. The fourth-order valence-corrected chi connectivity index (χ4v) is 2.05. The van der Waals surface area contributed by atoms with Gasteiger partial charge in [0.25, 0.3) is 0 Å². The number of ether oxygens (including phenoxy) is 2. The van der Waals surface area contributed by atoms with E-state index in [9.17, 15) is 4.79 Å². The lowest BCUT2D eigenvalue weighted by Gasteiger charge is -2.51. The fourth-order valence-electron chi connectivity index (χ4n) is 2.05. The summed E-state index contributed by atoms with van der Waals surface area (Å²) in [6, 6.07) is 0.340. The van der Waals surface area contributed by atoms with Crippen LogP contribution in [-0.4, -0.2) is 38.4 Å². The van der Waals surface area contributed by atoms with Crippen molar-refractivity contribution in [3.05, 3.63) is 0 Å². The molecule has 4 heteroatoms. The van der Waals surface area contributed by atoms with E-state index in [1.165, 1.54) is 0 Å². The molecule has 4 nitrogen and oxygen atoms in total. The Labute approximate surface area is 91.3 Å². The van der Waals surface area contributed by atoms with Crippen LogP contribution < -0.4 is 5.32 Å². The average molecular weight is 215 g/mol. The summed E-state index contributed by atoms with van der Waals surface area (Å²) < 4.78 is 10.2. The van der Waals surface area contributed by atoms with E-state index in [-0.39, 0.29) is 17.5 Å². The molecular formula is C11H21NO3. The number of nitrogens with one attached hydrogen (secondary N) is 1. The third-order valence-corrected chi connectivity index (χ3v) is 3.26. The second kappa shape index (κ2) is 4.94. The maximum absolute atomic E-state index is 11.1. The third kappa shape index (κ3) is 2.69. The van der Waals surface area contributed by atoms with Crippen molar-refractivity contribution in [2.75, 3.05) is 20.3 Å². The highest BCUT2D eigenvalue weighted by Crippen LogP contribution is 2.42. The van der Waals surface area contributed by atoms with Crippen LogP contribution in [0.25, 0.3) is 0 Å². The molecule has 15 heavy (non-hydrogen) atoms. The molecule has 0 saturated heterocycles. The number of carbonyl (C=O) groups excluding carboxylic acids is 1. The Morgan fingerprint density at radius 3 is 2.67 bits per heavy atom. The van der Waals surface area contributed by atoms with E-state index in [1.54, 1.807) is 7.11 Å². The van der Waals surface area contributed by atoms with Gasteiger partial charge >= 0.3 is 5.97 Å². The number of rotatable bonds is 5. The fraction of sp³-hybridized carbons (Fsp3) is 0.909. The summed E-state index contributed by atoms with van der Waals surface area (Å²) in [7, 11) is 1.73. The first kappa shape index (κ1) is 12.5. The van der Waals surface area contributed by atoms with Crippen molar-refractivity contribution in [1.82, 2.24) is 5.32 Å². The third-order valence-electron chi connectivity index (χ3n) is 3.26. The van der Waals surface area contributed by atoms with Crippen LogP contribution in [-0.2, 0) is 14.3 Å². The van der Waals surface area contributed by atoms with E-state index in [0.29, 0.717) is 19.2 Å². The van der Waals surface area contributed by atoms with Gasteiger partial charge in [-0.2, -0.15) is 0 Å². The highest BCUT2D eigenvalue weighted by molar-refractivity contribution is 5.71. The Bertz CT molecular complexity index is 228. The molecule has 0 bridgehead atoms. The van der Waals surface area contributed by atoms with Gasteiger partial charge in [0.05, 0.1) is 19.3 Å². The van der Waals surface area contributed by atoms with Gasteiger partial charge in [-0.05, 0) is 13.3 Å². The number of methoxy groups -OCH3 is 1. The quantitative estimate of drug-likeness (QED) is 0.694. The zero-order valence-electron chi connectivity index (χ0n) is 10.0. The molecular weight excluding hydrogens is 194 g/mol. The zero-order valence-corrected chi connectivity index (χ0v) is 10.0. The van der Waals surface area contributed by atoms with E-state index >= 15 is 0 Å². The number of hydrogen-bond acceptors (Lipinski definition) is 4. The predicted octanol–water partition coefficient (Wildman–Crippen LogP) is 0.953. The molecule has 1 aliphatic carbocycles. The summed E-state index contributed by atoms with van der Waals surface area (Å²) in [6.45, 7) is 6.83. The minimum atomic E-state index is -0.186. The predicted molar refractivity (Wildman–Crippen MR) is 57.6 cm³/mol. The molecule has 1 rings (SSSR count). The number of hydrogen-bond donors (Lipinski definition) is 1. The topological polar surface area (TPSA) is 47.6 Å². The summed E-state index contributed by atoms with van der Waals surface area (Å²) in [4.78, 5) is 11.1. The lowest BCUT2D eigenvalue weighted by atomic mass is 9.64. The van der Waals surface area contributed by atoms with Gasteiger partial charge in [-0.3, -0.25) is 4.79 Å². The van der Waals surface area contributed by atoms with Crippen LogP contribution in [0.5, 0.6) is 0 Å². The van der Waals surface area contributed by atoms with Crippen LogP contribution in [0.4, 0.5) is 0 Å². The first-order valence-corrected chi connectivity index (χ1v) is 5.44. The van der Waals surface area contributed by atoms with E-state index < -0.39 is 0 Å². The summed E-state index contributed by atoms with van der Waals surface area (Å²) >= 11 is 0. The monoisotopic (exact) mass is 215 g/mol. The van der Waals surface area contributed by atoms with Crippen LogP contribution in [0, 0.1) is 5.41 Å². The van der Waals surface area contributed by atoms with Gasteiger partial charge in [-0.1, -0.05) is 13.8 Å². The van der Waals surface area contributed by atoms with E-state index in [4.69, 9.17) is 9.47 Å². The maximum Gasteiger partial charge on any atom is 0.319 e. The molecule has 1 saturated carbocycles. The molecule has 0 spiro atoms. The van der Waals surface area contributed by atoms with Crippen LogP contribution in [0.15, 0.2) is 0 Å². The van der Waals surface area contributed by atoms with Crippen LogP contribution in [0.1, 0.15) is 27.2 Å². The minimum Gasteiger partial charge on any atom is -0.465 e. The lowest BCUT2D eigenvalue weighted by molar-refractivity contribution is -0.144. The Hall–Kier alpha value is -0.610. The largest absolute Gasteiger partial charge is 0.465 e. The van der Waals surface area contributed by atoms with Crippen molar-refractivity contribution in [1.29, 1.82) is 0 Å². The van der Waals surface area contributed by atoms with Gasteiger partial charge < -0.3 is 14.8 Å². The van der Waals surface area contributed by atoms with E-state index in [2.05, 4.69) is 19.2 Å². The smallest absolute Gasteiger partial charge is 0.319 e. The van der Waals surface area contributed by atoms with Crippen LogP contribution in [0.2, 0.25) is 0 Å². The van der Waals surface area contributed by atoms with Crippen LogP contribution >= 0.6 is 0 Å². The second-order valence-electron chi connectivity index (χ2n) is 4.52. The maximum atomic E-state index is 11.1. The number of esters is 1. The van der Waals surface area contributed by atoms with Gasteiger partial charge in [0.2, 0.25) is 0 Å². The summed E-state index contributed by atoms with van der Waals surface area (Å²) in [5.41, 5.74) is 0.0985. The molecule has 0 heterocycles. The van der Waals surface area contributed by atoms with Crippen molar-refractivity contribution >= 4 is 5.97 Å².